The topological polar surface area (TPSA) is 59.1 Å². The fraction of sp³-hybridized carbons (Fsp3) is 0. The Morgan fingerprint density at radius 3 is 2.47 bits per heavy atom. The number of carbonyl (C=O) groups excluding carboxylic acids is 2. The van der Waals surface area contributed by atoms with Crippen LogP contribution in [0.15, 0.2) is 30.5 Å². The van der Waals surface area contributed by atoms with E-state index < -0.39 is 23.5 Å². The van der Waals surface area contributed by atoms with Crippen molar-refractivity contribution in [3.8, 4) is 11.1 Å². The number of amides is 1. The van der Waals surface area contributed by atoms with Gasteiger partial charge in [0.1, 0.15) is 5.82 Å². The lowest BCUT2D eigenvalue weighted by Gasteiger charge is -2.07. The van der Waals surface area contributed by atoms with Crippen molar-refractivity contribution in [1.82, 2.24) is 4.98 Å². The minimum Gasteiger partial charge on any atom is -0.318 e. The number of benzene rings is 1. The summed E-state index contributed by atoms with van der Waals surface area (Å²) in [6.45, 7) is 0. The maximum Gasteiger partial charge on any atom is 0.296 e. The molecule has 3 rings (SSSR count). The van der Waals surface area contributed by atoms with Gasteiger partial charge < -0.3 is 5.32 Å². The number of Topliss-reactive ketones (excluding diaryl/α,β-unsaturated/α-hetero) is 1. The van der Waals surface area contributed by atoms with Gasteiger partial charge in [-0.1, -0.05) is 0 Å². The lowest BCUT2D eigenvalue weighted by molar-refractivity contribution is -0.112. The zero-order chi connectivity index (χ0) is 13.6. The van der Waals surface area contributed by atoms with Crippen LogP contribution in [-0.2, 0) is 4.79 Å². The molecule has 0 radical (unpaired) electrons. The van der Waals surface area contributed by atoms with Gasteiger partial charge in [-0.15, -0.1) is 0 Å². The molecule has 0 spiro atoms. The first-order valence-electron chi connectivity index (χ1n) is 5.37. The van der Waals surface area contributed by atoms with Crippen molar-refractivity contribution in [2.24, 2.45) is 0 Å². The van der Waals surface area contributed by atoms with E-state index in [-0.39, 0.29) is 11.3 Å². The number of carbonyl (C=O) groups is 2. The number of fused-ring (bicyclic) bond motifs is 1. The molecule has 0 saturated carbocycles. The summed E-state index contributed by atoms with van der Waals surface area (Å²) in [6.07, 6.45) is 1.21. The standard InChI is InChI=1S/C13H6F2N2O2/c14-7-3-8(6-1-2-10(15)16-5-6)11-9(4-7)12(18)13(19)17-11/h1-5H,(H,17,18,19). The van der Waals surface area contributed by atoms with Crippen LogP contribution in [-0.4, -0.2) is 16.7 Å². The van der Waals surface area contributed by atoms with Crippen molar-refractivity contribution in [2.75, 3.05) is 5.32 Å². The molecule has 1 aromatic carbocycles. The largest absolute Gasteiger partial charge is 0.318 e. The summed E-state index contributed by atoms with van der Waals surface area (Å²) in [6, 6.07) is 4.67. The molecule has 1 N–H and O–H groups in total. The summed E-state index contributed by atoms with van der Waals surface area (Å²) >= 11 is 0. The Morgan fingerprint density at radius 2 is 1.79 bits per heavy atom. The van der Waals surface area contributed by atoms with Crippen LogP contribution in [0.1, 0.15) is 10.4 Å². The van der Waals surface area contributed by atoms with Gasteiger partial charge in [0.05, 0.1) is 11.3 Å². The lowest BCUT2D eigenvalue weighted by atomic mass is 10.0. The van der Waals surface area contributed by atoms with Gasteiger partial charge in [-0.05, 0) is 24.3 Å². The molecule has 1 aromatic heterocycles. The van der Waals surface area contributed by atoms with E-state index in [9.17, 15) is 18.4 Å². The van der Waals surface area contributed by atoms with E-state index in [4.69, 9.17) is 0 Å². The monoisotopic (exact) mass is 260 g/mol. The number of anilines is 1. The molecule has 1 amide bonds. The molecular weight excluding hydrogens is 254 g/mol. The molecule has 0 aliphatic carbocycles. The number of hydrogen-bond donors (Lipinski definition) is 1. The van der Waals surface area contributed by atoms with Gasteiger partial charge in [-0.2, -0.15) is 4.39 Å². The predicted octanol–water partition coefficient (Wildman–Crippen LogP) is 2.16. The van der Waals surface area contributed by atoms with Crippen molar-refractivity contribution >= 4 is 17.4 Å². The van der Waals surface area contributed by atoms with E-state index in [0.29, 0.717) is 11.1 Å². The molecule has 0 atom stereocenters. The maximum atomic E-state index is 13.5. The van der Waals surface area contributed by atoms with Crippen molar-refractivity contribution < 1.29 is 18.4 Å². The average Bonchev–Trinajstić information content (AvgIpc) is 2.66. The molecule has 2 aromatic rings. The lowest BCUT2D eigenvalue weighted by Crippen LogP contribution is -2.12. The predicted molar refractivity (Wildman–Crippen MR) is 62.5 cm³/mol. The highest BCUT2D eigenvalue weighted by atomic mass is 19.1. The van der Waals surface area contributed by atoms with Crippen LogP contribution in [0.2, 0.25) is 0 Å². The molecule has 1 aliphatic heterocycles. The number of ketones is 1. The fourth-order valence-electron chi connectivity index (χ4n) is 1.98. The highest BCUT2D eigenvalue weighted by Gasteiger charge is 2.31. The molecular formula is C13H6F2N2O2. The van der Waals surface area contributed by atoms with Gasteiger partial charge in [0.15, 0.2) is 0 Å². The number of aromatic nitrogens is 1. The average molecular weight is 260 g/mol. The van der Waals surface area contributed by atoms with Crippen molar-refractivity contribution in [3.63, 3.8) is 0 Å². The molecule has 94 valence electrons. The second kappa shape index (κ2) is 3.94. The molecule has 2 heterocycles. The third-order valence-electron chi connectivity index (χ3n) is 2.83. The van der Waals surface area contributed by atoms with Gasteiger partial charge in [0.2, 0.25) is 5.95 Å². The molecule has 0 fully saturated rings. The van der Waals surface area contributed by atoms with Crippen molar-refractivity contribution in [1.29, 1.82) is 0 Å². The van der Waals surface area contributed by atoms with Crippen LogP contribution in [0.25, 0.3) is 11.1 Å². The quantitative estimate of drug-likeness (QED) is 0.631. The Balaban J connectivity index is 2.23. The van der Waals surface area contributed by atoms with Gasteiger partial charge >= 0.3 is 0 Å². The van der Waals surface area contributed by atoms with Gasteiger partial charge in [-0.3, -0.25) is 9.59 Å². The van der Waals surface area contributed by atoms with E-state index in [1.807, 2.05) is 0 Å². The number of pyridine rings is 1. The normalized spacial score (nSPS) is 13.4. The van der Waals surface area contributed by atoms with E-state index >= 15 is 0 Å². The van der Waals surface area contributed by atoms with Crippen LogP contribution >= 0.6 is 0 Å². The smallest absolute Gasteiger partial charge is 0.296 e. The minimum atomic E-state index is -0.808. The summed E-state index contributed by atoms with van der Waals surface area (Å²) in [5, 5.41) is 2.38. The van der Waals surface area contributed by atoms with Crippen molar-refractivity contribution in [2.45, 2.75) is 0 Å². The van der Waals surface area contributed by atoms with Crippen LogP contribution in [0, 0.1) is 11.8 Å². The minimum absolute atomic E-state index is 0.0238. The van der Waals surface area contributed by atoms with Crippen LogP contribution in [0.4, 0.5) is 14.5 Å². The zero-order valence-electron chi connectivity index (χ0n) is 9.41. The van der Waals surface area contributed by atoms with E-state index in [1.165, 1.54) is 12.3 Å². The molecule has 6 heteroatoms. The fourth-order valence-corrected chi connectivity index (χ4v) is 1.98. The highest BCUT2D eigenvalue weighted by Crippen LogP contribution is 2.35. The van der Waals surface area contributed by atoms with Crippen LogP contribution in [0.5, 0.6) is 0 Å². The Kier molecular flexibility index (Phi) is 2.38. The number of nitrogens with zero attached hydrogens (tertiary/aromatic N) is 1. The van der Waals surface area contributed by atoms with Gasteiger partial charge in [0.25, 0.3) is 11.7 Å². The first-order chi connectivity index (χ1) is 9.06. The van der Waals surface area contributed by atoms with Gasteiger partial charge in [-0.25, -0.2) is 9.37 Å². The summed E-state index contributed by atoms with van der Waals surface area (Å²) in [5.74, 6) is -2.91. The first kappa shape index (κ1) is 11.5. The number of halogens is 2. The molecule has 0 saturated heterocycles. The van der Waals surface area contributed by atoms with E-state index in [0.717, 1.165) is 18.2 Å². The summed E-state index contributed by atoms with van der Waals surface area (Å²) in [7, 11) is 0. The Hall–Kier alpha value is -2.63. The molecule has 0 unspecified atom stereocenters. The first-order valence-corrected chi connectivity index (χ1v) is 5.37. The second-order valence-corrected chi connectivity index (χ2v) is 4.03. The molecule has 0 bridgehead atoms. The molecule has 4 nitrogen and oxygen atoms in total. The molecule has 19 heavy (non-hydrogen) atoms. The van der Waals surface area contributed by atoms with Crippen molar-refractivity contribution in [3.05, 3.63) is 47.8 Å². The Morgan fingerprint density at radius 1 is 1.05 bits per heavy atom. The summed E-state index contributed by atoms with van der Waals surface area (Å²) in [5.41, 5.74) is 0.906. The molecule has 1 aliphatic rings. The Bertz CT molecular complexity index is 711. The van der Waals surface area contributed by atoms with Gasteiger partial charge in [0, 0.05) is 17.3 Å². The third kappa shape index (κ3) is 1.77. The van der Waals surface area contributed by atoms with Crippen LogP contribution < -0.4 is 5.32 Å². The third-order valence-corrected chi connectivity index (χ3v) is 2.83. The van der Waals surface area contributed by atoms with E-state index in [2.05, 4.69) is 10.3 Å². The summed E-state index contributed by atoms with van der Waals surface area (Å²) in [4.78, 5) is 26.3. The van der Waals surface area contributed by atoms with E-state index in [1.54, 1.807) is 0 Å². The van der Waals surface area contributed by atoms with Crippen LogP contribution in [0.3, 0.4) is 0 Å². The highest BCUT2D eigenvalue weighted by molar-refractivity contribution is 6.52. The number of hydrogen-bond acceptors (Lipinski definition) is 3. The Labute approximate surface area is 106 Å². The number of nitrogens with one attached hydrogen (secondary N) is 1. The maximum absolute atomic E-state index is 13.5. The second-order valence-electron chi connectivity index (χ2n) is 4.03. The zero-order valence-corrected chi connectivity index (χ0v) is 9.41. The number of rotatable bonds is 1. The summed E-state index contributed by atoms with van der Waals surface area (Å²) < 4.78 is 26.3. The SMILES string of the molecule is O=C1Nc2c(cc(F)cc2-c2ccc(F)nc2)C1=O.